The quantitative estimate of drug-likeness (QED) is 0.157. The Hall–Kier alpha value is -1.41. The molecule has 3 N–H and O–H groups in total. The fourth-order valence-corrected chi connectivity index (χ4v) is 3.66. The molecule has 0 spiro atoms. The molecule has 170 valence electrons. The molecule has 0 rings (SSSR count). The Morgan fingerprint density at radius 3 is 1.83 bits per heavy atom. The van der Waals surface area contributed by atoms with Crippen LogP contribution in [-0.4, -0.2) is 41.7 Å². The van der Waals surface area contributed by atoms with Crippen molar-refractivity contribution in [1.29, 1.82) is 0 Å². The molecule has 0 radical (unpaired) electrons. The number of amides is 1. The maximum absolute atomic E-state index is 11.7. The Balaban J connectivity index is 3.61. The zero-order valence-corrected chi connectivity index (χ0v) is 18.6. The van der Waals surface area contributed by atoms with Gasteiger partial charge in [0.1, 0.15) is 11.8 Å². The van der Waals surface area contributed by atoms with Gasteiger partial charge in [0.15, 0.2) is 0 Å². The van der Waals surface area contributed by atoms with Crippen molar-refractivity contribution < 1.29 is 27.7 Å². The van der Waals surface area contributed by atoms with E-state index < -0.39 is 33.8 Å². The van der Waals surface area contributed by atoms with Gasteiger partial charge in [0.05, 0.1) is 0 Å². The minimum absolute atomic E-state index is 0.146. The van der Waals surface area contributed by atoms with E-state index >= 15 is 0 Å². The first-order chi connectivity index (χ1) is 13.8. The van der Waals surface area contributed by atoms with E-state index in [-0.39, 0.29) is 6.42 Å². The van der Waals surface area contributed by atoms with E-state index in [0.717, 1.165) is 38.5 Å². The summed E-state index contributed by atoms with van der Waals surface area (Å²) in [6.45, 7) is 2.23. The third kappa shape index (κ3) is 19.7. The lowest BCUT2D eigenvalue weighted by molar-refractivity contribution is -0.141. The number of aliphatic carboxylic acids is 1. The van der Waals surface area contributed by atoms with Crippen LogP contribution in [0.25, 0.3) is 0 Å². The highest BCUT2D eigenvalue weighted by Gasteiger charge is 2.25. The first-order valence-electron chi connectivity index (χ1n) is 10.9. The average molecular weight is 434 g/mol. The van der Waals surface area contributed by atoms with Crippen LogP contribution in [0.15, 0.2) is 12.2 Å². The first-order valence-corrected chi connectivity index (χ1v) is 12.5. The van der Waals surface area contributed by atoms with E-state index in [1.54, 1.807) is 0 Å². The molecule has 0 aliphatic rings. The zero-order valence-electron chi connectivity index (χ0n) is 17.8. The van der Waals surface area contributed by atoms with Crippen molar-refractivity contribution in [1.82, 2.24) is 5.32 Å². The second-order valence-corrected chi connectivity index (χ2v) is 9.04. The predicted octanol–water partition coefficient (Wildman–Crippen LogP) is 4.48. The molecule has 0 aliphatic heterocycles. The Kier molecular flexibility index (Phi) is 16.6. The van der Waals surface area contributed by atoms with Gasteiger partial charge in [-0.2, -0.15) is 8.42 Å². The third-order valence-electron chi connectivity index (χ3n) is 4.68. The van der Waals surface area contributed by atoms with Crippen LogP contribution in [0.3, 0.4) is 0 Å². The molecular formula is C21H39NO6S. The topological polar surface area (TPSA) is 121 Å². The van der Waals surface area contributed by atoms with Crippen molar-refractivity contribution in [3.8, 4) is 0 Å². The van der Waals surface area contributed by atoms with Gasteiger partial charge in [-0.25, -0.2) is 4.79 Å². The number of allylic oxidation sites excluding steroid dienone is 2. The fraction of sp³-hybridized carbons (Fsp3) is 0.810. The average Bonchev–Trinajstić information content (AvgIpc) is 2.63. The highest BCUT2D eigenvalue weighted by Crippen LogP contribution is 2.10. The minimum Gasteiger partial charge on any atom is -0.480 e. The smallest absolute Gasteiger partial charge is 0.327 e. The summed E-state index contributed by atoms with van der Waals surface area (Å²) < 4.78 is 30.3. The van der Waals surface area contributed by atoms with E-state index in [4.69, 9.17) is 9.66 Å². The molecule has 0 aromatic rings. The monoisotopic (exact) mass is 433 g/mol. The van der Waals surface area contributed by atoms with Crippen LogP contribution in [0.5, 0.6) is 0 Å². The van der Waals surface area contributed by atoms with Gasteiger partial charge in [-0.15, -0.1) is 0 Å². The maximum Gasteiger partial charge on any atom is 0.327 e. The van der Waals surface area contributed by atoms with Crippen molar-refractivity contribution in [3.63, 3.8) is 0 Å². The van der Waals surface area contributed by atoms with Crippen molar-refractivity contribution in [2.24, 2.45) is 0 Å². The number of hydrogen-bond donors (Lipinski definition) is 3. The number of nitrogens with one attached hydrogen (secondary N) is 1. The molecule has 0 heterocycles. The van der Waals surface area contributed by atoms with Crippen LogP contribution in [0.2, 0.25) is 0 Å². The van der Waals surface area contributed by atoms with Gasteiger partial charge < -0.3 is 10.4 Å². The molecule has 0 fully saturated rings. The van der Waals surface area contributed by atoms with E-state index in [1.807, 2.05) is 0 Å². The third-order valence-corrected chi connectivity index (χ3v) is 5.43. The highest BCUT2D eigenvalue weighted by atomic mass is 32.2. The van der Waals surface area contributed by atoms with Crippen molar-refractivity contribution in [3.05, 3.63) is 12.2 Å². The van der Waals surface area contributed by atoms with E-state index in [2.05, 4.69) is 24.4 Å². The van der Waals surface area contributed by atoms with Crippen molar-refractivity contribution >= 4 is 22.0 Å². The van der Waals surface area contributed by atoms with Gasteiger partial charge in [-0.05, 0) is 32.1 Å². The number of carboxylic acid groups (broad SMARTS) is 1. The molecule has 0 aromatic heterocycles. The molecule has 1 amide bonds. The van der Waals surface area contributed by atoms with Gasteiger partial charge in [-0.3, -0.25) is 9.35 Å². The number of carbonyl (C=O) groups excluding carboxylic acids is 1. The largest absolute Gasteiger partial charge is 0.480 e. The van der Waals surface area contributed by atoms with E-state index in [1.165, 1.54) is 38.5 Å². The number of hydrogen-bond acceptors (Lipinski definition) is 4. The molecule has 0 aromatic carbocycles. The predicted molar refractivity (Wildman–Crippen MR) is 115 cm³/mol. The molecule has 8 heteroatoms. The van der Waals surface area contributed by atoms with Gasteiger partial charge >= 0.3 is 5.97 Å². The molecule has 0 saturated carbocycles. The summed E-state index contributed by atoms with van der Waals surface area (Å²) in [5.41, 5.74) is 0. The Morgan fingerprint density at radius 1 is 0.862 bits per heavy atom. The fourth-order valence-electron chi connectivity index (χ4n) is 3.01. The van der Waals surface area contributed by atoms with Crippen molar-refractivity contribution in [2.45, 2.75) is 103 Å². The molecular weight excluding hydrogens is 394 g/mol. The number of carbonyl (C=O) groups is 2. The van der Waals surface area contributed by atoms with Crippen molar-refractivity contribution in [2.75, 3.05) is 5.75 Å². The number of carboxylic acids is 1. The van der Waals surface area contributed by atoms with Gasteiger partial charge in [-0.1, -0.05) is 70.4 Å². The first kappa shape index (κ1) is 27.6. The molecule has 1 atom stereocenters. The summed E-state index contributed by atoms with van der Waals surface area (Å²) in [5, 5.41) is 11.0. The maximum atomic E-state index is 11.7. The highest BCUT2D eigenvalue weighted by molar-refractivity contribution is 7.85. The SMILES string of the molecule is CCCCCCCC/C=C\CCCCCCCC(=O)NC(CS(=O)(=O)O)C(=O)O. The lowest BCUT2D eigenvalue weighted by atomic mass is 10.1. The molecule has 29 heavy (non-hydrogen) atoms. The van der Waals surface area contributed by atoms with E-state index in [9.17, 15) is 18.0 Å². The lowest BCUT2D eigenvalue weighted by Crippen LogP contribution is -2.45. The summed E-state index contributed by atoms with van der Waals surface area (Å²) in [6.07, 6.45) is 19.5. The van der Waals surface area contributed by atoms with Crippen LogP contribution in [-0.2, 0) is 19.7 Å². The van der Waals surface area contributed by atoms with Gasteiger partial charge in [0.2, 0.25) is 5.91 Å². The summed E-state index contributed by atoms with van der Waals surface area (Å²) >= 11 is 0. The summed E-state index contributed by atoms with van der Waals surface area (Å²) in [6, 6.07) is -1.62. The van der Waals surface area contributed by atoms with Crippen LogP contribution in [0, 0.1) is 0 Å². The Morgan fingerprint density at radius 2 is 1.34 bits per heavy atom. The number of rotatable bonds is 19. The van der Waals surface area contributed by atoms with Crippen LogP contribution < -0.4 is 5.32 Å². The van der Waals surface area contributed by atoms with Gasteiger partial charge in [0, 0.05) is 6.42 Å². The summed E-state index contributed by atoms with van der Waals surface area (Å²) in [4.78, 5) is 22.6. The lowest BCUT2D eigenvalue weighted by Gasteiger charge is -2.12. The standard InChI is InChI=1S/C21H39NO6S/c1-2-3-4-5-6-7-8-9-10-11-12-13-14-15-16-17-20(23)22-19(21(24)25)18-29(26,27)28/h9-10,19H,2-8,11-18H2,1H3,(H,22,23)(H,24,25)(H,26,27,28)/b10-9-. The van der Waals surface area contributed by atoms with Crippen LogP contribution in [0.4, 0.5) is 0 Å². The van der Waals surface area contributed by atoms with E-state index in [0.29, 0.717) is 6.42 Å². The number of unbranched alkanes of at least 4 members (excludes halogenated alkanes) is 11. The minimum atomic E-state index is -4.47. The second kappa shape index (κ2) is 17.4. The van der Waals surface area contributed by atoms with Gasteiger partial charge in [0.25, 0.3) is 10.1 Å². The molecule has 0 aliphatic carbocycles. The zero-order chi connectivity index (χ0) is 22.0. The van der Waals surface area contributed by atoms with Crippen LogP contribution >= 0.6 is 0 Å². The Labute approximate surface area is 176 Å². The molecule has 0 saturated heterocycles. The summed E-state index contributed by atoms with van der Waals surface area (Å²) in [5.74, 6) is -3.03. The normalized spacial score (nSPS) is 12.9. The summed E-state index contributed by atoms with van der Waals surface area (Å²) in [7, 11) is -4.47. The molecule has 1 unspecified atom stereocenters. The molecule has 0 bridgehead atoms. The van der Waals surface area contributed by atoms with Crippen LogP contribution in [0.1, 0.15) is 96.8 Å². The molecule has 7 nitrogen and oxygen atoms in total. The second-order valence-electron chi connectivity index (χ2n) is 7.54. The Bertz CT molecular complexity index is 574.